The zero-order chi connectivity index (χ0) is 43.5. The van der Waals surface area contributed by atoms with Crippen molar-refractivity contribution in [2.24, 2.45) is 0 Å². The second kappa shape index (κ2) is 15.5. The summed E-state index contributed by atoms with van der Waals surface area (Å²) >= 11 is 0. The van der Waals surface area contributed by atoms with Gasteiger partial charge in [0.2, 0.25) is 0 Å². The number of nitrogens with zero attached hydrogens (tertiary/aromatic N) is 3. The molecule has 0 spiro atoms. The van der Waals surface area contributed by atoms with E-state index >= 15 is 0 Å². The van der Waals surface area contributed by atoms with Gasteiger partial charge in [-0.3, -0.25) is 0 Å². The molecular formula is C62H43N3. The van der Waals surface area contributed by atoms with Crippen molar-refractivity contribution >= 4 is 21.7 Å². The Morgan fingerprint density at radius 1 is 0.292 bits per heavy atom. The summed E-state index contributed by atoms with van der Waals surface area (Å²) in [7, 11) is 0. The predicted octanol–water partition coefficient (Wildman–Crippen LogP) is 16.2. The maximum Gasteiger partial charge on any atom is 0.161 e. The highest BCUT2D eigenvalue weighted by atomic mass is 14.9. The average Bonchev–Trinajstić information content (AvgIpc) is 3.60. The molecule has 3 heteroatoms. The van der Waals surface area contributed by atoms with Gasteiger partial charge in [0.15, 0.2) is 5.82 Å². The molecule has 1 aliphatic rings. The summed E-state index contributed by atoms with van der Waals surface area (Å²) in [5, 5.41) is 3.32. The standard InChI is InChI=1S/C62H43N3/c1-62(2)55-31-15-14-30-50(55)52-36-53-51(37-57(63-60(53)38-56(52)62)46-27-16-25-43(32-46)40-18-6-3-7-19-40)48-34-45-24-12-13-29-49(45)54(35-48)61-64-58(42-22-10-5-11-23-42)39-59(65-61)47-28-17-26-44(33-47)41-20-8-4-9-21-41/h3-39H,1-2H3. The first kappa shape index (κ1) is 38.4. The van der Waals surface area contributed by atoms with Gasteiger partial charge in [0.05, 0.1) is 22.6 Å². The Morgan fingerprint density at radius 2 is 0.831 bits per heavy atom. The van der Waals surface area contributed by atoms with Crippen LogP contribution >= 0.6 is 0 Å². The Labute approximate surface area is 379 Å². The fourth-order valence-corrected chi connectivity index (χ4v) is 9.91. The van der Waals surface area contributed by atoms with Crippen LogP contribution in [-0.4, -0.2) is 15.0 Å². The Morgan fingerprint density at radius 3 is 1.51 bits per heavy atom. The summed E-state index contributed by atoms with van der Waals surface area (Å²) < 4.78 is 0. The van der Waals surface area contributed by atoms with E-state index < -0.39 is 0 Å². The lowest BCUT2D eigenvalue weighted by molar-refractivity contribution is 0.661. The van der Waals surface area contributed by atoms with Crippen molar-refractivity contribution in [1.29, 1.82) is 0 Å². The minimum atomic E-state index is -0.166. The average molecular weight is 830 g/mol. The van der Waals surface area contributed by atoms with Gasteiger partial charge in [-0.1, -0.05) is 190 Å². The zero-order valence-electron chi connectivity index (χ0n) is 36.2. The topological polar surface area (TPSA) is 38.7 Å². The highest BCUT2D eigenvalue weighted by Crippen LogP contribution is 2.51. The quantitative estimate of drug-likeness (QED) is 0.161. The fourth-order valence-electron chi connectivity index (χ4n) is 9.91. The van der Waals surface area contributed by atoms with Crippen LogP contribution in [0.2, 0.25) is 0 Å². The minimum Gasteiger partial charge on any atom is -0.248 e. The third-order valence-electron chi connectivity index (χ3n) is 13.3. The number of pyridine rings is 1. The molecule has 0 saturated heterocycles. The Balaban J connectivity index is 1.10. The highest BCUT2D eigenvalue weighted by molar-refractivity contribution is 6.06. The molecule has 0 amide bonds. The zero-order valence-corrected chi connectivity index (χ0v) is 36.2. The lowest BCUT2D eigenvalue weighted by atomic mass is 9.82. The van der Waals surface area contributed by atoms with E-state index in [1.54, 1.807) is 0 Å². The molecule has 0 atom stereocenters. The van der Waals surface area contributed by atoms with Crippen molar-refractivity contribution in [3.05, 3.63) is 236 Å². The van der Waals surface area contributed by atoms with E-state index in [-0.39, 0.29) is 5.41 Å². The molecule has 2 aromatic heterocycles. The van der Waals surface area contributed by atoms with Crippen LogP contribution in [0.25, 0.3) is 111 Å². The van der Waals surface area contributed by atoms with Gasteiger partial charge >= 0.3 is 0 Å². The van der Waals surface area contributed by atoms with Gasteiger partial charge in [-0.25, -0.2) is 15.0 Å². The van der Waals surface area contributed by atoms with E-state index in [9.17, 15) is 0 Å². The van der Waals surface area contributed by atoms with Crippen molar-refractivity contribution in [3.8, 4) is 89.7 Å². The Bertz CT molecular complexity index is 3610. The van der Waals surface area contributed by atoms with Gasteiger partial charge in [0.1, 0.15) is 0 Å². The molecule has 1 aliphatic carbocycles. The molecule has 11 aromatic rings. The lowest BCUT2D eigenvalue weighted by Gasteiger charge is -2.22. The van der Waals surface area contributed by atoms with E-state index in [0.29, 0.717) is 5.82 Å². The molecule has 2 heterocycles. The third-order valence-corrected chi connectivity index (χ3v) is 13.3. The molecule has 0 bridgehead atoms. The van der Waals surface area contributed by atoms with Crippen LogP contribution in [0.5, 0.6) is 0 Å². The second-order valence-electron chi connectivity index (χ2n) is 17.6. The summed E-state index contributed by atoms with van der Waals surface area (Å²) in [6.07, 6.45) is 0. The summed E-state index contributed by atoms with van der Waals surface area (Å²) in [6.45, 7) is 4.67. The van der Waals surface area contributed by atoms with Crippen LogP contribution in [0.15, 0.2) is 224 Å². The lowest BCUT2D eigenvalue weighted by Crippen LogP contribution is -2.14. The number of fused-ring (bicyclic) bond motifs is 5. The number of hydrogen-bond acceptors (Lipinski definition) is 3. The molecule has 9 aromatic carbocycles. The first-order valence-corrected chi connectivity index (χ1v) is 22.3. The molecule has 0 unspecified atom stereocenters. The van der Waals surface area contributed by atoms with E-state index in [0.717, 1.165) is 83.3 Å². The largest absolute Gasteiger partial charge is 0.248 e. The van der Waals surface area contributed by atoms with E-state index in [1.807, 2.05) is 6.07 Å². The maximum absolute atomic E-state index is 5.51. The minimum absolute atomic E-state index is 0.166. The SMILES string of the molecule is CC1(C)c2ccccc2-c2cc3c(-c4cc(-c5nc(-c6ccccc6)cc(-c6cccc(-c7ccccc7)c6)n5)c5ccccc5c4)cc(-c4cccc(-c5ccccc5)c4)nc3cc21. The van der Waals surface area contributed by atoms with Gasteiger partial charge in [0, 0.05) is 33.1 Å². The fraction of sp³-hybridized carbons (Fsp3) is 0.0484. The van der Waals surface area contributed by atoms with Crippen molar-refractivity contribution in [2.75, 3.05) is 0 Å². The smallest absolute Gasteiger partial charge is 0.161 e. The van der Waals surface area contributed by atoms with Crippen LogP contribution < -0.4 is 0 Å². The molecule has 12 rings (SSSR count). The first-order valence-electron chi connectivity index (χ1n) is 22.3. The third kappa shape index (κ3) is 6.81. The highest BCUT2D eigenvalue weighted by Gasteiger charge is 2.36. The predicted molar refractivity (Wildman–Crippen MR) is 270 cm³/mol. The molecule has 65 heavy (non-hydrogen) atoms. The summed E-state index contributed by atoms with van der Waals surface area (Å²) in [6, 6.07) is 80.3. The number of rotatable bonds is 7. The molecule has 0 N–H and O–H groups in total. The molecule has 0 aliphatic heterocycles. The van der Waals surface area contributed by atoms with Crippen molar-refractivity contribution < 1.29 is 0 Å². The van der Waals surface area contributed by atoms with Crippen LogP contribution in [-0.2, 0) is 5.41 Å². The summed E-state index contributed by atoms with van der Waals surface area (Å²) in [4.78, 5) is 16.4. The van der Waals surface area contributed by atoms with Crippen LogP contribution in [0.1, 0.15) is 25.0 Å². The van der Waals surface area contributed by atoms with Crippen molar-refractivity contribution in [3.63, 3.8) is 0 Å². The van der Waals surface area contributed by atoms with Gasteiger partial charge < -0.3 is 0 Å². The number of aromatic nitrogens is 3. The maximum atomic E-state index is 5.51. The van der Waals surface area contributed by atoms with Gasteiger partial charge in [-0.05, 0) is 115 Å². The molecule has 0 radical (unpaired) electrons. The van der Waals surface area contributed by atoms with Crippen molar-refractivity contribution in [2.45, 2.75) is 19.3 Å². The molecular weight excluding hydrogens is 787 g/mol. The normalized spacial score (nSPS) is 12.6. The molecule has 0 saturated carbocycles. The Kier molecular flexibility index (Phi) is 9.17. The van der Waals surface area contributed by atoms with E-state index in [1.165, 1.54) is 33.4 Å². The van der Waals surface area contributed by atoms with E-state index in [2.05, 4.69) is 232 Å². The summed E-state index contributed by atoms with van der Waals surface area (Å²) in [5.41, 5.74) is 19.6. The monoisotopic (exact) mass is 829 g/mol. The van der Waals surface area contributed by atoms with Crippen LogP contribution in [0, 0.1) is 0 Å². The van der Waals surface area contributed by atoms with Crippen LogP contribution in [0.4, 0.5) is 0 Å². The first-order chi connectivity index (χ1) is 31.9. The molecule has 3 nitrogen and oxygen atoms in total. The van der Waals surface area contributed by atoms with Gasteiger partial charge in [0.25, 0.3) is 0 Å². The number of hydrogen-bond donors (Lipinski definition) is 0. The van der Waals surface area contributed by atoms with Crippen molar-refractivity contribution in [1.82, 2.24) is 15.0 Å². The number of benzene rings is 9. The van der Waals surface area contributed by atoms with Gasteiger partial charge in [-0.2, -0.15) is 0 Å². The van der Waals surface area contributed by atoms with E-state index in [4.69, 9.17) is 15.0 Å². The van der Waals surface area contributed by atoms with Gasteiger partial charge in [-0.15, -0.1) is 0 Å². The summed E-state index contributed by atoms with van der Waals surface area (Å²) in [5.74, 6) is 0.676. The van der Waals surface area contributed by atoms with Crippen LogP contribution in [0.3, 0.4) is 0 Å². The Hall–Kier alpha value is -8.27. The second-order valence-corrected chi connectivity index (χ2v) is 17.6. The molecule has 0 fully saturated rings. The molecule has 306 valence electrons.